The molecule has 0 aliphatic rings. The second kappa shape index (κ2) is 11.7. The van der Waals surface area contributed by atoms with Crippen molar-refractivity contribution in [1.29, 1.82) is 0 Å². The van der Waals surface area contributed by atoms with Crippen LogP contribution in [0.15, 0.2) is 96.4 Å². The van der Waals surface area contributed by atoms with Gasteiger partial charge in [0.05, 0.1) is 11.9 Å². The largest absolute Gasteiger partial charge is 0.416 e. The molecule has 1 heterocycles. The molecule has 36 heavy (non-hydrogen) atoms. The number of alkyl halides is 3. The van der Waals surface area contributed by atoms with E-state index in [9.17, 15) is 18.0 Å². The summed E-state index contributed by atoms with van der Waals surface area (Å²) in [5.74, 6) is -0.468. The van der Waals surface area contributed by atoms with Crippen molar-refractivity contribution >= 4 is 35.0 Å². The molecule has 1 atom stereocenters. The van der Waals surface area contributed by atoms with E-state index in [4.69, 9.17) is 11.6 Å². The Morgan fingerprint density at radius 3 is 2.31 bits per heavy atom. The normalized spacial score (nSPS) is 12.3. The van der Waals surface area contributed by atoms with E-state index in [1.165, 1.54) is 17.7 Å². The first-order valence-electron chi connectivity index (χ1n) is 11.2. The van der Waals surface area contributed by atoms with E-state index in [1.54, 1.807) is 36.4 Å². The van der Waals surface area contributed by atoms with Gasteiger partial charge < -0.3 is 9.88 Å². The highest BCUT2D eigenvalue weighted by atomic mass is 35.5. The number of carbonyl (C=O) groups is 1. The highest BCUT2D eigenvalue weighted by Crippen LogP contribution is 2.30. The third-order valence-corrected chi connectivity index (χ3v) is 7.05. The number of aromatic nitrogens is 2. The molecular weight excluding hydrogens is 507 g/mol. The molecule has 0 fully saturated rings. The lowest BCUT2D eigenvalue weighted by molar-refractivity contribution is -0.137. The van der Waals surface area contributed by atoms with E-state index in [-0.39, 0.29) is 10.8 Å². The molecule has 0 spiro atoms. The highest BCUT2D eigenvalue weighted by molar-refractivity contribution is 8.00. The monoisotopic (exact) mass is 529 g/mol. The summed E-state index contributed by atoms with van der Waals surface area (Å²) in [6.07, 6.45) is 2.91. The summed E-state index contributed by atoms with van der Waals surface area (Å²) in [6, 6.07) is 19.4. The van der Waals surface area contributed by atoms with Gasteiger partial charge in [0.15, 0.2) is 0 Å². The van der Waals surface area contributed by atoms with Gasteiger partial charge >= 0.3 is 6.18 Å². The van der Waals surface area contributed by atoms with Crippen LogP contribution >= 0.6 is 23.4 Å². The summed E-state index contributed by atoms with van der Waals surface area (Å²) in [5, 5.41) is 3.73. The summed E-state index contributed by atoms with van der Waals surface area (Å²) >= 11 is 7.74. The van der Waals surface area contributed by atoms with Crippen molar-refractivity contribution in [3.8, 4) is 0 Å². The molecule has 3 aromatic carbocycles. The first kappa shape index (κ1) is 25.9. The van der Waals surface area contributed by atoms with Gasteiger partial charge in [0.1, 0.15) is 0 Å². The molecular formula is C27H23ClF3N3OS. The molecule has 0 bridgehead atoms. The van der Waals surface area contributed by atoms with Crippen molar-refractivity contribution in [3.05, 3.63) is 113 Å². The molecule has 1 aromatic heterocycles. The van der Waals surface area contributed by atoms with Crippen LogP contribution in [0.25, 0.3) is 0 Å². The number of carbonyl (C=O) groups excluding carboxylic acids is 1. The zero-order valence-electron chi connectivity index (χ0n) is 19.1. The maximum absolute atomic E-state index is 12.7. The third-order valence-electron chi connectivity index (χ3n) is 5.53. The van der Waals surface area contributed by atoms with E-state index in [0.717, 1.165) is 36.4 Å². The molecule has 4 nitrogen and oxygen atoms in total. The molecule has 4 rings (SSSR count). The van der Waals surface area contributed by atoms with Crippen LogP contribution in [0.5, 0.6) is 0 Å². The highest BCUT2D eigenvalue weighted by Gasteiger charge is 2.30. The maximum Gasteiger partial charge on any atom is 0.416 e. The number of amides is 1. The average Bonchev–Trinajstić information content (AvgIpc) is 3.37. The van der Waals surface area contributed by atoms with Crippen LogP contribution in [0.2, 0.25) is 5.02 Å². The van der Waals surface area contributed by atoms with E-state index in [2.05, 4.69) is 14.9 Å². The van der Waals surface area contributed by atoms with Crippen molar-refractivity contribution in [2.45, 2.75) is 35.7 Å². The number of halogens is 4. The van der Waals surface area contributed by atoms with Crippen LogP contribution in [0, 0.1) is 0 Å². The summed E-state index contributed by atoms with van der Waals surface area (Å²) in [7, 11) is 0. The molecule has 0 radical (unpaired) electrons. The Kier molecular flexibility index (Phi) is 8.38. The Morgan fingerprint density at radius 1 is 1.00 bits per heavy atom. The second-order valence-electron chi connectivity index (χ2n) is 8.22. The van der Waals surface area contributed by atoms with Crippen LogP contribution in [-0.2, 0) is 19.1 Å². The summed E-state index contributed by atoms with van der Waals surface area (Å²) in [5.41, 5.74) is 1.15. The van der Waals surface area contributed by atoms with E-state index < -0.39 is 17.6 Å². The summed E-state index contributed by atoms with van der Waals surface area (Å²) in [4.78, 5) is 17.6. The van der Waals surface area contributed by atoms with Crippen molar-refractivity contribution in [3.63, 3.8) is 0 Å². The number of nitrogens with zero attached hydrogens (tertiary/aromatic N) is 2. The minimum absolute atomic E-state index is 0.157. The number of anilines is 1. The van der Waals surface area contributed by atoms with Gasteiger partial charge in [-0.1, -0.05) is 23.7 Å². The number of hydrogen-bond acceptors (Lipinski definition) is 3. The number of thioether (sulfide) groups is 1. The number of benzene rings is 3. The molecule has 0 saturated heterocycles. The summed E-state index contributed by atoms with van der Waals surface area (Å²) < 4.78 is 40.3. The molecule has 4 aromatic rings. The standard InChI is InChI=1S/C27H23ClF3N3OS/c28-22-8-1-19(2-9-22)3-12-25(17-34-16-15-32-18-34)36-24-13-10-23(11-14-24)33-26(35)20-4-6-21(7-5-20)27(29,30)31/h1-2,4-11,13-16,18,25H,3,12,17H2,(H,33,35). The lowest BCUT2D eigenvalue weighted by atomic mass is 10.1. The second-order valence-corrected chi connectivity index (χ2v) is 10.0. The number of rotatable bonds is 9. The Labute approximate surface area is 216 Å². The van der Waals surface area contributed by atoms with Crippen molar-refractivity contribution in [2.75, 3.05) is 5.32 Å². The van der Waals surface area contributed by atoms with Gasteiger partial charge in [-0.15, -0.1) is 11.8 Å². The first-order valence-corrected chi connectivity index (χ1v) is 12.5. The Balaban J connectivity index is 1.38. The van der Waals surface area contributed by atoms with Gasteiger partial charge in [0.25, 0.3) is 5.91 Å². The fourth-order valence-corrected chi connectivity index (χ4v) is 4.91. The zero-order valence-corrected chi connectivity index (χ0v) is 20.7. The van der Waals surface area contributed by atoms with Gasteiger partial charge in [0.2, 0.25) is 0 Å². The van der Waals surface area contributed by atoms with Crippen LogP contribution < -0.4 is 5.32 Å². The van der Waals surface area contributed by atoms with Crippen LogP contribution in [-0.4, -0.2) is 20.7 Å². The molecule has 1 amide bonds. The quantitative estimate of drug-likeness (QED) is 0.227. The van der Waals surface area contributed by atoms with Crippen molar-refractivity contribution < 1.29 is 18.0 Å². The smallest absolute Gasteiger partial charge is 0.336 e. The predicted molar refractivity (Wildman–Crippen MR) is 137 cm³/mol. The molecule has 9 heteroatoms. The average molecular weight is 530 g/mol. The van der Waals surface area contributed by atoms with E-state index >= 15 is 0 Å². The van der Waals surface area contributed by atoms with Gasteiger partial charge in [-0.2, -0.15) is 13.2 Å². The predicted octanol–water partition coefficient (Wildman–Crippen LogP) is 7.60. The molecule has 1 N–H and O–H groups in total. The number of hydrogen-bond donors (Lipinski definition) is 1. The van der Waals surface area contributed by atoms with Crippen molar-refractivity contribution in [1.82, 2.24) is 9.55 Å². The topological polar surface area (TPSA) is 46.9 Å². The van der Waals surface area contributed by atoms with E-state index in [1.807, 2.05) is 42.6 Å². The molecule has 1 unspecified atom stereocenters. The van der Waals surface area contributed by atoms with E-state index in [0.29, 0.717) is 10.7 Å². The van der Waals surface area contributed by atoms with Crippen LogP contribution in [0.3, 0.4) is 0 Å². The fraction of sp³-hybridized carbons (Fsp3) is 0.185. The SMILES string of the molecule is O=C(Nc1ccc(SC(CCc2ccc(Cl)cc2)Cn2ccnc2)cc1)c1ccc(C(F)(F)F)cc1. The Hall–Kier alpha value is -3.23. The lowest BCUT2D eigenvalue weighted by Crippen LogP contribution is -2.14. The summed E-state index contributed by atoms with van der Waals surface area (Å²) in [6.45, 7) is 0.796. The zero-order chi connectivity index (χ0) is 25.5. The molecule has 0 aliphatic carbocycles. The lowest BCUT2D eigenvalue weighted by Gasteiger charge is -2.18. The van der Waals surface area contributed by atoms with Gasteiger partial charge in [-0.05, 0) is 79.1 Å². The van der Waals surface area contributed by atoms with Gasteiger partial charge in [-0.25, -0.2) is 4.98 Å². The minimum Gasteiger partial charge on any atom is -0.336 e. The van der Waals surface area contributed by atoms with Gasteiger partial charge in [0, 0.05) is 45.4 Å². The van der Waals surface area contributed by atoms with Crippen LogP contribution in [0.1, 0.15) is 27.9 Å². The third kappa shape index (κ3) is 7.38. The minimum atomic E-state index is -4.44. The molecule has 0 aliphatic heterocycles. The maximum atomic E-state index is 12.7. The Morgan fingerprint density at radius 2 is 1.69 bits per heavy atom. The molecule has 0 saturated carbocycles. The van der Waals surface area contributed by atoms with Gasteiger partial charge in [-0.3, -0.25) is 4.79 Å². The number of nitrogens with one attached hydrogen (secondary N) is 1. The molecule has 186 valence electrons. The van der Waals surface area contributed by atoms with Crippen molar-refractivity contribution in [2.24, 2.45) is 0 Å². The van der Waals surface area contributed by atoms with Crippen LogP contribution in [0.4, 0.5) is 18.9 Å². The number of imidazole rings is 1. The first-order chi connectivity index (χ1) is 17.3. The number of aryl methyl sites for hydroxylation is 1. The Bertz CT molecular complexity index is 1260. The fourth-order valence-electron chi connectivity index (χ4n) is 3.62.